The lowest BCUT2D eigenvalue weighted by Crippen LogP contribution is -2.54. The molecular weight excluding hydrogens is 336 g/mol. The maximum atomic E-state index is 13.0. The van der Waals surface area contributed by atoms with Crippen LogP contribution in [0.5, 0.6) is 0 Å². The summed E-state index contributed by atoms with van der Waals surface area (Å²) in [5.74, 6) is 0.112. The molecule has 2 saturated heterocycles. The van der Waals surface area contributed by atoms with E-state index < -0.39 is 5.54 Å². The largest absolute Gasteiger partial charge is 0.450 e. The van der Waals surface area contributed by atoms with Crippen LogP contribution in [0.1, 0.15) is 46.0 Å². The molecule has 1 saturated carbocycles. The standard InChI is InChI=1S/C18H30N4O4/c1-3-26-17(25)21-11-9-20(10-12-21)13-22-15(23)18(2,19-16(22)24)14-7-5-4-6-8-14/h14H,3-13H2,1-2H3,(H,19,24)/t18-/m1/s1. The third-order valence-corrected chi connectivity index (χ3v) is 5.96. The van der Waals surface area contributed by atoms with Gasteiger partial charge in [-0.05, 0) is 32.6 Å². The Kier molecular flexibility index (Phi) is 5.70. The molecule has 0 aromatic carbocycles. The van der Waals surface area contributed by atoms with Gasteiger partial charge in [0.25, 0.3) is 5.91 Å². The zero-order valence-electron chi connectivity index (χ0n) is 15.8. The van der Waals surface area contributed by atoms with Crippen LogP contribution in [0, 0.1) is 5.92 Å². The van der Waals surface area contributed by atoms with Gasteiger partial charge in [0.1, 0.15) is 5.54 Å². The first kappa shape index (κ1) is 18.9. The van der Waals surface area contributed by atoms with Gasteiger partial charge in [-0.3, -0.25) is 9.69 Å². The van der Waals surface area contributed by atoms with Crippen molar-refractivity contribution in [1.82, 2.24) is 20.0 Å². The Hall–Kier alpha value is -1.83. The van der Waals surface area contributed by atoms with Crippen LogP contribution in [0.3, 0.4) is 0 Å². The van der Waals surface area contributed by atoms with Crippen molar-refractivity contribution in [2.24, 2.45) is 5.92 Å². The Balaban J connectivity index is 1.56. The van der Waals surface area contributed by atoms with E-state index in [1.54, 1.807) is 11.8 Å². The minimum Gasteiger partial charge on any atom is -0.450 e. The number of hydrogen-bond donors (Lipinski definition) is 1. The van der Waals surface area contributed by atoms with Crippen LogP contribution in [0.2, 0.25) is 0 Å². The van der Waals surface area contributed by atoms with Gasteiger partial charge in [0.15, 0.2) is 0 Å². The fourth-order valence-electron chi connectivity index (χ4n) is 4.29. The molecule has 2 heterocycles. The number of nitrogens with one attached hydrogen (secondary N) is 1. The molecule has 2 aliphatic heterocycles. The molecule has 0 aromatic rings. The lowest BCUT2D eigenvalue weighted by atomic mass is 9.75. The molecule has 1 N–H and O–H groups in total. The van der Waals surface area contributed by atoms with Crippen molar-refractivity contribution in [1.29, 1.82) is 0 Å². The van der Waals surface area contributed by atoms with Crippen molar-refractivity contribution in [2.45, 2.75) is 51.5 Å². The molecule has 26 heavy (non-hydrogen) atoms. The van der Waals surface area contributed by atoms with E-state index >= 15 is 0 Å². The molecule has 8 nitrogen and oxygen atoms in total. The smallest absolute Gasteiger partial charge is 0.409 e. The fraction of sp³-hybridized carbons (Fsp3) is 0.833. The van der Waals surface area contributed by atoms with Crippen molar-refractivity contribution >= 4 is 18.0 Å². The fourth-order valence-corrected chi connectivity index (χ4v) is 4.29. The van der Waals surface area contributed by atoms with E-state index in [2.05, 4.69) is 5.32 Å². The summed E-state index contributed by atoms with van der Waals surface area (Å²) >= 11 is 0. The highest BCUT2D eigenvalue weighted by Crippen LogP contribution is 2.36. The molecule has 3 aliphatic rings. The van der Waals surface area contributed by atoms with Gasteiger partial charge < -0.3 is 15.0 Å². The summed E-state index contributed by atoms with van der Waals surface area (Å²) < 4.78 is 5.02. The van der Waals surface area contributed by atoms with Gasteiger partial charge in [0.05, 0.1) is 13.3 Å². The molecule has 0 radical (unpaired) electrons. The second-order valence-corrected chi connectivity index (χ2v) is 7.65. The van der Waals surface area contributed by atoms with E-state index in [-0.39, 0.29) is 30.6 Å². The van der Waals surface area contributed by atoms with Crippen molar-refractivity contribution in [3.05, 3.63) is 0 Å². The van der Waals surface area contributed by atoms with E-state index in [0.717, 1.165) is 25.7 Å². The highest BCUT2D eigenvalue weighted by molar-refractivity contribution is 6.07. The number of rotatable bonds is 4. The molecule has 8 heteroatoms. The molecule has 1 atom stereocenters. The van der Waals surface area contributed by atoms with Crippen LogP contribution in [-0.4, -0.2) is 77.7 Å². The number of carbonyl (C=O) groups excluding carboxylic acids is 3. The average molecular weight is 366 g/mol. The van der Waals surface area contributed by atoms with Crippen LogP contribution in [0.25, 0.3) is 0 Å². The molecule has 0 spiro atoms. The Morgan fingerprint density at radius 1 is 1.15 bits per heavy atom. The normalized spacial score (nSPS) is 28.4. The zero-order chi connectivity index (χ0) is 18.7. The number of imide groups is 1. The van der Waals surface area contributed by atoms with Gasteiger partial charge in [-0.1, -0.05) is 19.3 Å². The number of urea groups is 1. The number of carbonyl (C=O) groups is 3. The SMILES string of the molecule is CCOC(=O)N1CCN(CN2C(=O)N[C@](C)(C3CCCCC3)C2=O)CC1. The van der Waals surface area contributed by atoms with Crippen molar-refractivity contribution in [3.63, 3.8) is 0 Å². The Morgan fingerprint density at radius 2 is 1.81 bits per heavy atom. The second kappa shape index (κ2) is 7.82. The monoisotopic (exact) mass is 366 g/mol. The predicted octanol–water partition coefficient (Wildman–Crippen LogP) is 1.61. The molecule has 0 aromatic heterocycles. The zero-order valence-corrected chi connectivity index (χ0v) is 15.8. The third-order valence-electron chi connectivity index (χ3n) is 5.96. The molecule has 0 unspecified atom stereocenters. The quantitative estimate of drug-likeness (QED) is 0.765. The van der Waals surface area contributed by atoms with Crippen molar-refractivity contribution < 1.29 is 19.1 Å². The number of ether oxygens (including phenoxy) is 1. The van der Waals surface area contributed by atoms with Gasteiger partial charge >= 0.3 is 12.1 Å². The Morgan fingerprint density at radius 3 is 2.42 bits per heavy atom. The first-order valence-electron chi connectivity index (χ1n) is 9.74. The molecule has 4 amide bonds. The first-order chi connectivity index (χ1) is 12.5. The highest BCUT2D eigenvalue weighted by Gasteiger charge is 2.52. The third kappa shape index (κ3) is 3.65. The summed E-state index contributed by atoms with van der Waals surface area (Å²) in [6.07, 6.45) is 5.15. The van der Waals surface area contributed by atoms with Crippen LogP contribution >= 0.6 is 0 Å². The molecule has 0 bridgehead atoms. The summed E-state index contributed by atoms with van der Waals surface area (Å²) in [4.78, 5) is 42.3. The van der Waals surface area contributed by atoms with Crippen LogP contribution in [-0.2, 0) is 9.53 Å². The number of amides is 4. The number of piperazine rings is 1. The first-order valence-corrected chi connectivity index (χ1v) is 9.74. The molecule has 1 aliphatic carbocycles. The van der Waals surface area contributed by atoms with Crippen LogP contribution < -0.4 is 5.32 Å². The molecule has 146 valence electrons. The van der Waals surface area contributed by atoms with Crippen molar-refractivity contribution in [2.75, 3.05) is 39.5 Å². The van der Waals surface area contributed by atoms with Gasteiger partial charge in [-0.25, -0.2) is 14.5 Å². The second-order valence-electron chi connectivity index (χ2n) is 7.65. The maximum Gasteiger partial charge on any atom is 0.409 e. The lowest BCUT2D eigenvalue weighted by molar-refractivity contribution is -0.134. The van der Waals surface area contributed by atoms with Gasteiger partial charge in [-0.15, -0.1) is 0 Å². The van der Waals surface area contributed by atoms with E-state index in [0.29, 0.717) is 32.8 Å². The molecule has 3 fully saturated rings. The summed E-state index contributed by atoms with van der Waals surface area (Å²) in [6, 6.07) is -0.295. The van der Waals surface area contributed by atoms with E-state index in [1.807, 2.05) is 11.8 Å². The lowest BCUT2D eigenvalue weighted by Gasteiger charge is -2.36. The van der Waals surface area contributed by atoms with Gasteiger partial charge in [0, 0.05) is 26.2 Å². The van der Waals surface area contributed by atoms with Crippen LogP contribution in [0.4, 0.5) is 9.59 Å². The predicted molar refractivity (Wildman–Crippen MR) is 95.4 cm³/mol. The summed E-state index contributed by atoms with van der Waals surface area (Å²) in [5, 5.41) is 2.96. The Bertz CT molecular complexity index is 555. The van der Waals surface area contributed by atoms with Crippen molar-refractivity contribution in [3.8, 4) is 0 Å². The molecular formula is C18H30N4O4. The molecule has 3 rings (SSSR count). The minimum atomic E-state index is -0.774. The van der Waals surface area contributed by atoms with E-state index in [4.69, 9.17) is 4.74 Å². The van der Waals surface area contributed by atoms with Gasteiger partial charge in [-0.2, -0.15) is 0 Å². The average Bonchev–Trinajstić information content (AvgIpc) is 2.87. The topological polar surface area (TPSA) is 82.2 Å². The van der Waals surface area contributed by atoms with E-state index in [9.17, 15) is 14.4 Å². The summed E-state index contributed by atoms with van der Waals surface area (Å²) in [6.45, 7) is 6.64. The highest BCUT2D eigenvalue weighted by atomic mass is 16.6. The summed E-state index contributed by atoms with van der Waals surface area (Å²) in [7, 11) is 0. The maximum absolute atomic E-state index is 13.0. The van der Waals surface area contributed by atoms with Crippen LogP contribution in [0.15, 0.2) is 0 Å². The minimum absolute atomic E-state index is 0.109. The number of hydrogen-bond acceptors (Lipinski definition) is 5. The summed E-state index contributed by atoms with van der Waals surface area (Å²) in [5.41, 5.74) is -0.774. The van der Waals surface area contributed by atoms with Gasteiger partial charge in [0.2, 0.25) is 0 Å². The Labute approximate surface area is 154 Å². The van der Waals surface area contributed by atoms with E-state index in [1.165, 1.54) is 11.3 Å². The number of nitrogens with zero attached hydrogens (tertiary/aromatic N) is 3.